The molecule has 1 aromatic carbocycles. The fourth-order valence-electron chi connectivity index (χ4n) is 3.64. The molecule has 2 rings (SSSR count). The zero-order valence-electron chi connectivity index (χ0n) is 19.3. The molecule has 6 heteroatoms. The second-order valence-electron chi connectivity index (χ2n) is 9.28. The molecular weight excluding hydrogens is 408 g/mol. The lowest BCUT2D eigenvalue weighted by atomic mass is 10.0. The summed E-state index contributed by atoms with van der Waals surface area (Å²) in [6.45, 7) is 2.78. The lowest BCUT2D eigenvalue weighted by molar-refractivity contribution is -0.871. The molecule has 0 saturated carbocycles. The number of aliphatic carboxylic acids is 1. The number of unbranched alkanes of at least 4 members (excludes halogenated alkanes) is 2. The van der Waals surface area contributed by atoms with Crippen molar-refractivity contribution in [3.8, 4) is 0 Å². The summed E-state index contributed by atoms with van der Waals surface area (Å²) in [5.41, 5.74) is 2.71. The van der Waals surface area contributed by atoms with E-state index in [2.05, 4.69) is 36.5 Å². The van der Waals surface area contributed by atoms with Gasteiger partial charge in [0.15, 0.2) is 0 Å². The van der Waals surface area contributed by atoms with E-state index in [4.69, 9.17) is 5.11 Å². The highest BCUT2D eigenvalue weighted by molar-refractivity contribution is 7.14. The van der Waals surface area contributed by atoms with E-state index in [1.165, 1.54) is 46.6 Å². The topological polar surface area (TPSA) is 66.4 Å². The highest BCUT2D eigenvalue weighted by Gasteiger charge is 2.24. The number of rotatable bonds is 13. The van der Waals surface area contributed by atoms with E-state index < -0.39 is 12.0 Å². The Morgan fingerprint density at radius 2 is 1.61 bits per heavy atom. The van der Waals surface area contributed by atoms with E-state index in [1.54, 1.807) is 0 Å². The molecule has 2 N–H and O–H groups in total. The molecule has 1 aromatic heterocycles. The van der Waals surface area contributed by atoms with Gasteiger partial charge >= 0.3 is 5.97 Å². The van der Waals surface area contributed by atoms with Crippen LogP contribution in [0.3, 0.4) is 0 Å². The average molecular weight is 446 g/mol. The van der Waals surface area contributed by atoms with Gasteiger partial charge in [-0.3, -0.25) is 9.59 Å². The predicted octanol–water partition coefficient (Wildman–Crippen LogP) is 4.55. The van der Waals surface area contributed by atoms with Gasteiger partial charge < -0.3 is 14.9 Å². The number of benzene rings is 1. The molecule has 0 aliphatic carbocycles. The summed E-state index contributed by atoms with van der Waals surface area (Å²) < 4.78 is 0.589. The van der Waals surface area contributed by atoms with Crippen LogP contribution in [-0.2, 0) is 24.1 Å². The molecule has 0 bridgehead atoms. The molecule has 2 aromatic rings. The molecule has 1 atom stereocenters. The summed E-state index contributed by atoms with van der Waals surface area (Å²) in [7, 11) is 5.96. The second kappa shape index (κ2) is 12.0. The summed E-state index contributed by atoms with van der Waals surface area (Å²) in [5, 5.41) is 12.1. The molecule has 0 saturated heterocycles. The van der Waals surface area contributed by atoms with Gasteiger partial charge in [0.05, 0.1) is 45.0 Å². The maximum atomic E-state index is 12.7. The normalized spacial score (nSPS) is 12.5. The summed E-state index contributed by atoms with van der Waals surface area (Å²) in [4.78, 5) is 25.6. The first kappa shape index (κ1) is 25.1. The van der Waals surface area contributed by atoms with Gasteiger partial charge in [0.2, 0.25) is 0 Å². The molecule has 1 amide bonds. The lowest BCUT2D eigenvalue weighted by Crippen LogP contribution is -2.49. The van der Waals surface area contributed by atoms with Crippen molar-refractivity contribution in [3.05, 3.63) is 57.3 Å². The maximum Gasteiger partial charge on any atom is 0.305 e. The van der Waals surface area contributed by atoms with Gasteiger partial charge in [0, 0.05) is 4.88 Å². The zero-order valence-corrected chi connectivity index (χ0v) is 20.1. The minimum atomic E-state index is -0.901. The Balaban J connectivity index is 1.88. The van der Waals surface area contributed by atoms with Crippen molar-refractivity contribution in [3.63, 3.8) is 0 Å². The van der Waals surface area contributed by atoms with Crippen molar-refractivity contribution < 1.29 is 19.2 Å². The van der Waals surface area contributed by atoms with Crippen molar-refractivity contribution in [2.45, 2.75) is 57.9 Å². The van der Waals surface area contributed by atoms with Gasteiger partial charge in [0.25, 0.3) is 5.91 Å². The number of carboxylic acids is 1. The summed E-state index contributed by atoms with van der Waals surface area (Å²) in [5.74, 6) is -1.09. The number of hydrogen-bond donors (Lipinski definition) is 2. The molecule has 0 aliphatic heterocycles. The number of nitrogens with zero attached hydrogens (tertiary/aromatic N) is 1. The molecule has 0 spiro atoms. The van der Waals surface area contributed by atoms with Crippen LogP contribution in [0.1, 0.15) is 58.3 Å². The van der Waals surface area contributed by atoms with E-state index in [-0.39, 0.29) is 12.3 Å². The van der Waals surface area contributed by atoms with Gasteiger partial charge in [-0.05, 0) is 48.9 Å². The molecule has 1 heterocycles. The van der Waals surface area contributed by atoms with Crippen molar-refractivity contribution in [1.29, 1.82) is 0 Å². The van der Waals surface area contributed by atoms with Crippen LogP contribution in [0.2, 0.25) is 0 Å². The summed E-state index contributed by atoms with van der Waals surface area (Å²) in [6.07, 6.45) is 6.68. The predicted molar refractivity (Wildman–Crippen MR) is 128 cm³/mol. The minimum absolute atomic E-state index is 0.0755. The third-order valence-corrected chi connectivity index (χ3v) is 6.31. The summed E-state index contributed by atoms with van der Waals surface area (Å²) in [6, 6.07) is 12.3. The fourth-order valence-corrected chi connectivity index (χ4v) is 4.55. The first-order valence-corrected chi connectivity index (χ1v) is 12.0. The third-order valence-electron chi connectivity index (χ3n) is 5.16. The number of quaternary nitrogens is 1. The SMILES string of the molecule is CCCCCc1ccc(CCc2ccc(C(=O)N[C@@H](CC(=O)O)C[N+](C)(C)C)s2)cc1. The van der Waals surface area contributed by atoms with Crippen LogP contribution in [0.4, 0.5) is 0 Å². The Bertz CT molecular complexity index is 837. The number of carbonyl (C=O) groups is 2. The maximum absolute atomic E-state index is 12.7. The van der Waals surface area contributed by atoms with E-state index in [9.17, 15) is 9.59 Å². The van der Waals surface area contributed by atoms with Gasteiger partial charge in [-0.15, -0.1) is 11.3 Å². The summed E-state index contributed by atoms with van der Waals surface area (Å²) >= 11 is 1.49. The molecule has 0 aliphatic rings. The molecule has 0 fully saturated rings. The molecule has 5 nitrogen and oxygen atoms in total. The Labute approximate surface area is 190 Å². The Morgan fingerprint density at radius 1 is 0.968 bits per heavy atom. The molecule has 0 unspecified atom stereocenters. The van der Waals surface area contributed by atoms with Crippen LogP contribution in [0, 0.1) is 0 Å². The standard InChI is InChI=1S/C25H36N2O3S/c1-5-6-7-8-19-9-11-20(12-10-19)13-14-22-15-16-23(31-22)25(30)26-21(17-24(28)29)18-27(2,3)4/h9-12,15-16,21H,5-8,13-14,17-18H2,1-4H3,(H-,26,28,29,30)/p+1/t21-/m0/s1. The quantitative estimate of drug-likeness (QED) is 0.351. The minimum Gasteiger partial charge on any atom is -0.481 e. The smallest absolute Gasteiger partial charge is 0.305 e. The Morgan fingerprint density at radius 3 is 2.19 bits per heavy atom. The van der Waals surface area contributed by atoms with Crippen molar-refractivity contribution in [2.75, 3.05) is 27.7 Å². The van der Waals surface area contributed by atoms with Gasteiger partial charge in [-0.25, -0.2) is 0 Å². The first-order valence-electron chi connectivity index (χ1n) is 11.2. The fraction of sp³-hybridized carbons (Fsp3) is 0.520. The second-order valence-corrected chi connectivity index (χ2v) is 10.4. The Kier molecular flexibility index (Phi) is 9.72. The van der Waals surface area contributed by atoms with E-state index in [0.717, 1.165) is 19.3 Å². The van der Waals surface area contributed by atoms with Gasteiger partial charge in [-0.2, -0.15) is 0 Å². The lowest BCUT2D eigenvalue weighted by Gasteiger charge is -2.29. The van der Waals surface area contributed by atoms with Crippen molar-refractivity contribution in [2.24, 2.45) is 0 Å². The van der Waals surface area contributed by atoms with Crippen LogP contribution in [0.15, 0.2) is 36.4 Å². The van der Waals surface area contributed by atoms with Crippen LogP contribution < -0.4 is 5.32 Å². The number of amides is 1. The average Bonchev–Trinajstić information content (AvgIpc) is 3.15. The number of aryl methyl sites for hydroxylation is 3. The van der Waals surface area contributed by atoms with Crippen LogP contribution in [-0.4, -0.2) is 55.2 Å². The molecular formula is C25H37N2O3S+. The van der Waals surface area contributed by atoms with Crippen LogP contribution >= 0.6 is 11.3 Å². The largest absolute Gasteiger partial charge is 0.481 e. The third kappa shape index (κ3) is 9.66. The Hall–Kier alpha value is -2.18. The van der Waals surface area contributed by atoms with Crippen LogP contribution in [0.25, 0.3) is 0 Å². The monoisotopic (exact) mass is 445 g/mol. The zero-order chi connectivity index (χ0) is 22.9. The highest BCUT2D eigenvalue weighted by Crippen LogP contribution is 2.20. The van der Waals surface area contributed by atoms with E-state index >= 15 is 0 Å². The van der Waals surface area contributed by atoms with Crippen molar-refractivity contribution >= 4 is 23.2 Å². The number of thiophene rings is 1. The van der Waals surface area contributed by atoms with E-state index in [0.29, 0.717) is 15.9 Å². The molecule has 0 radical (unpaired) electrons. The van der Waals surface area contributed by atoms with Crippen LogP contribution in [0.5, 0.6) is 0 Å². The van der Waals surface area contributed by atoms with Gasteiger partial charge in [0.1, 0.15) is 0 Å². The number of nitrogens with one attached hydrogen (secondary N) is 1. The number of likely N-dealkylation sites (N-methyl/N-ethyl adjacent to an activating group) is 1. The van der Waals surface area contributed by atoms with E-state index in [1.807, 2.05) is 33.3 Å². The molecule has 170 valence electrons. The number of carboxylic acid groups (broad SMARTS) is 1. The highest BCUT2D eigenvalue weighted by atomic mass is 32.1. The van der Waals surface area contributed by atoms with Crippen molar-refractivity contribution in [1.82, 2.24) is 5.32 Å². The van der Waals surface area contributed by atoms with Gasteiger partial charge in [-0.1, -0.05) is 44.0 Å². The number of carbonyl (C=O) groups excluding carboxylic acids is 1. The molecule has 31 heavy (non-hydrogen) atoms. The number of hydrogen-bond acceptors (Lipinski definition) is 3. The first-order chi connectivity index (χ1) is 14.7.